The van der Waals surface area contributed by atoms with E-state index in [-0.39, 0.29) is 30.7 Å². The van der Waals surface area contributed by atoms with E-state index in [1.807, 2.05) is 17.5 Å². The Hall–Kier alpha value is -2.47. The minimum Gasteiger partial charge on any atom is -0.341 e. The number of carbonyl (C=O) groups excluding carboxylic acids is 3. The van der Waals surface area contributed by atoms with E-state index in [2.05, 4.69) is 0 Å². The fourth-order valence-corrected chi connectivity index (χ4v) is 3.32. The zero-order chi connectivity index (χ0) is 16.4. The van der Waals surface area contributed by atoms with Gasteiger partial charge in [0, 0.05) is 24.9 Å². The van der Waals surface area contributed by atoms with Gasteiger partial charge in [-0.25, -0.2) is 0 Å². The van der Waals surface area contributed by atoms with Crippen LogP contribution in [0, 0.1) is 0 Å². The highest BCUT2D eigenvalue weighted by Gasteiger charge is 2.35. The summed E-state index contributed by atoms with van der Waals surface area (Å²) in [5.74, 6) is -0.728. The maximum absolute atomic E-state index is 12.2. The van der Waals surface area contributed by atoms with Crippen molar-refractivity contribution in [3.8, 4) is 0 Å². The van der Waals surface area contributed by atoms with Gasteiger partial charge in [-0.05, 0) is 23.6 Å². The summed E-state index contributed by atoms with van der Waals surface area (Å²) in [6, 6.07) is 10.7. The highest BCUT2D eigenvalue weighted by Crippen LogP contribution is 2.22. The molecule has 1 aromatic carbocycles. The third-order valence-corrected chi connectivity index (χ3v) is 4.69. The maximum atomic E-state index is 12.2. The van der Waals surface area contributed by atoms with Crippen LogP contribution in [0.4, 0.5) is 0 Å². The van der Waals surface area contributed by atoms with Gasteiger partial charge in [-0.3, -0.25) is 19.3 Å². The number of fused-ring (bicyclic) bond motifs is 1. The summed E-state index contributed by atoms with van der Waals surface area (Å²) in [7, 11) is 1.73. The predicted octanol–water partition coefficient (Wildman–Crippen LogP) is 2.39. The van der Waals surface area contributed by atoms with Crippen LogP contribution in [0.15, 0.2) is 41.8 Å². The van der Waals surface area contributed by atoms with Crippen LogP contribution in [-0.2, 0) is 11.3 Å². The molecule has 0 spiro atoms. The molecule has 23 heavy (non-hydrogen) atoms. The van der Waals surface area contributed by atoms with Crippen molar-refractivity contribution in [2.75, 3.05) is 13.6 Å². The summed E-state index contributed by atoms with van der Waals surface area (Å²) >= 11 is 1.59. The Morgan fingerprint density at radius 2 is 1.74 bits per heavy atom. The largest absolute Gasteiger partial charge is 0.341 e. The van der Waals surface area contributed by atoms with Crippen molar-refractivity contribution in [2.45, 2.75) is 13.0 Å². The number of rotatable bonds is 5. The number of carbonyl (C=O) groups is 3. The van der Waals surface area contributed by atoms with Crippen LogP contribution in [0.2, 0.25) is 0 Å². The van der Waals surface area contributed by atoms with Gasteiger partial charge in [0.25, 0.3) is 11.8 Å². The molecule has 1 aliphatic rings. The van der Waals surface area contributed by atoms with Gasteiger partial charge in [-0.2, -0.15) is 0 Å². The summed E-state index contributed by atoms with van der Waals surface area (Å²) in [6.07, 6.45) is 0.132. The normalized spacial score (nSPS) is 13.3. The Morgan fingerprint density at radius 1 is 1.09 bits per heavy atom. The lowest BCUT2D eigenvalue weighted by Gasteiger charge is -2.18. The van der Waals surface area contributed by atoms with Gasteiger partial charge in [0.15, 0.2) is 0 Å². The van der Waals surface area contributed by atoms with E-state index in [0.29, 0.717) is 17.7 Å². The van der Waals surface area contributed by atoms with E-state index >= 15 is 0 Å². The Balaban J connectivity index is 1.60. The molecule has 1 aromatic heterocycles. The van der Waals surface area contributed by atoms with Crippen LogP contribution in [0.1, 0.15) is 32.0 Å². The number of amides is 3. The molecule has 1 aliphatic heterocycles. The highest BCUT2D eigenvalue weighted by atomic mass is 32.1. The van der Waals surface area contributed by atoms with Crippen LogP contribution in [0.25, 0.3) is 0 Å². The summed E-state index contributed by atoms with van der Waals surface area (Å²) in [6.45, 7) is 0.651. The van der Waals surface area contributed by atoms with E-state index in [0.717, 1.165) is 9.78 Å². The second kappa shape index (κ2) is 6.34. The van der Waals surface area contributed by atoms with Crippen molar-refractivity contribution < 1.29 is 14.4 Å². The van der Waals surface area contributed by atoms with Crippen molar-refractivity contribution in [3.05, 3.63) is 57.8 Å². The first kappa shape index (κ1) is 15.4. The van der Waals surface area contributed by atoms with E-state index in [1.165, 1.54) is 0 Å². The molecule has 2 heterocycles. The lowest BCUT2D eigenvalue weighted by Crippen LogP contribution is -2.35. The zero-order valence-corrected chi connectivity index (χ0v) is 13.5. The number of hydrogen-bond acceptors (Lipinski definition) is 4. The molecular formula is C17H16N2O3S. The van der Waals surface area contributed by atoms with Crippen molar-refractivity contribution in [1.29, 1.82) is 0 Å². The van der Waals surface area contributed by atoms with E-state index < -0.39 is 0 Å². The summed E-state index contributed by atoms with van der Waals surface area (Å²) in [4.78, 5) is 40.5. The summed E-state index contributed by atoms with van der Waals surface area (Å²) in [5, 5.41) is 1.96. The molecule has 0 saturated heterocycles. The topological polar surface area (TPSA) is 57.7 Å². The second-order valence-electron chi connectivity index (χ2n) is 5.39. The number of benzene rings is 1. The molecule has 0 bridgehead atoms. The van der Waals surface area contributed by atoms with Gasteiger partial charge in [-0.15, -0.1) is 11.3 Å². The molecule has 0 saturated carbocycles. The number of imide groups is 1. The molecule has 0 atom stereocenters. The lowest BCUT2D eigenvalue weighted by atomic mass is 10.1. The maximum Gasteiger partial charge on any atom is 0.261 e. The first-order valence-electron chi connectivity index (χ1n) is 7.29. The molecule has 0 unspecified atom stereocenters. The molecule has 5 nitrogen and oxygen atoms in total. The summed E-state index contributed by atoms with van der Waals surface area (Å²) < 4.78 is 0. The molecular weight excluding hydrogens is 312 g/mol. The smallest absolute Gasteiger partial charge is 0.261 e. The monoisotopic (exact) mass is 328 g/mol. The standard InChI is InChI=1S/C17H16N2O3S/c1-18(11-12-5-4-10-23-12)15(20)8-9-19-16(21)13-6-2-3-7-14(13)17(19)22/h2-7,10H,8-9,11H2,1H3. The molecule has 2 aromatic rings. The number of thiophene rings is 1. The SMILES string of the molecule is CN(Cc1cccs1)C(=O)CCN1C(=O)c2ccccc2C1=O. The van der Waals surface area contributed by atoms with Gasteiger partial charge in [-0.1, -0.05) is 18.2 Å². The molecule has 0 radical (unpaired) electrons. The van der Waals surface area contributed by atoms with Gasteiger partial charge in [0.05, 0.1) is 17.7 Å². The number of hydrogen-bond donors (Lipinski definition) is 0. The predicted molar refractivity (Wildman–Crippen MR) is 87.2 cm³/mol. The second-order valence-corrected chi connectivity index (χ2v) is 6.42. The minimum atomic E-state index is -0.320. The van der Waals surface area contributed by atoms with Crippen molar-refractivity contribution in [3.63, 3.8) is 0 Å². The quantitative estimate of drug-likeness (QED) is 0.792. The Bertz CT molecular complexity index is 720. The third kappa shape index (κ3) is 3.03. The van der Waals surface area contributed by atoms with E-state index in [4.69, 9.17) is 0 Å². The first-order valence-corrected chi connectivity index (χ1v) is 8.17. The van der Waals surface area contributed by atoms with Gasteiger partial charge < -0.3 is 4.90 Å². The van der Waals surface area contributed by atoms with Gasteiger partial charge >= 0.3 is 0 Å². The van der Waals surface area contributed by atoms with Crippen LogP contribution in [0.3, 0.4) is 0 Å². The van der Waals surface area contributed by atoms with Crippen molar-refractivity contribution in [2.24, 2.45) is 0 Å². The van der Waals surface area contributed by atoms with Gasteiger partial charge in [0.2, 0.25) is 5.91 Å². The zero-order valence-electron chi connectivity index (χ0n) is 12.7. The Kier molecular flexibility index (Phi) is 4.25. The molecule has 0 N–H and O–H groups in total. The first-order chi connectivity index (χ1) is 11.1. The minimum absolute atomic E-state index is 0.0880. The average Bonchev–Trinajstić information content (AvgIpc) is 3.14. The van der Waals surface area contributed by atoms with Crippen molar-refractivity contribution in [1.82, 2.24) is 9.80 Å². The molecule has 0 fully saturated rings. The van der Waals surface area contributed by atoms with Gasteiger partial charge in [0.1, 0.15) is 0 Å². The molecule has 118 valence electrons. The van der Waals surface area contributed by atoms with Crippen LogP contribution >= 0.6 is 11.3 Å². The van der Waals surface area contributed by atoms with E-state index in [9.17, 15) is 14.4 Å². The highest BCUT2D eigenvalue weighted by molar-refractivity contribution is 7.09. The Labute approximate surface area is 138 Å². The molecule has 0 aliphatic carbocycles. The van der Waals surface area contributed by atoms with Crippen LogP contribution in [-0.4, -0.2) is 41.1 Å². The third-order valence-electron chi connectivity index (χ3n) is 3.83. The van der Waals surface area contributed by atoms with E-state index in [1.54, 1.807) is 47.5 Å². The average molecular weight is 328 g/mol. The lowest BCUT2D eigenvalue weighted by molar-refractivity contribution is -0.130. The fourth-order valence-electron chi connectivity index (χ4n) is 2.57. The molecule has 6 heteroatoms. The fraction of sp³-hybridized carbons (Fsp3) is 0.235. The van der Waals surface area contributed by atoms with Crippen LogP contribution in [0.5, 0.6) is 0 Å². The molecule has 3 amide bonds. The van der Waals surface area contributed by atoms with Crippen LogP contribution < -0.4 is 0 Å². The summed E-state index contributed by atoms with van der Waals surface area (Å²) in [5.41, 5.74) is 0.828. The van der Waals surface area contributed by atoms with Crippen molar-refractivity contribution >= 4 is 29.1 Å². The Morgan fingerprint density at radius 3 is 2.30 bits per heavy atom. The molecule has 3 rings (SSSR count). The number of nitrogens with zero attached hydrogens (tertiary/aromatic N) is 2.